The summed E-state index contributed by atoms with van der Waals surface area (Å²) in [6.07, 6.45) is 2.00. The maximum atomic E-state index is 15.1. The van der Waals surface area contributed by atoms with Gasteiger partial charge >= 0.3 is 0 Å². The van der Waals surface area contributed by atoms with Crippen molar-refractivity contribution >= 4 is 28.4 Å². The minimum absolute atomic E-state index is 0.0840. The molecule has 1 aliphatic rings. The highest BCUT2D eigenvalue weighted by atomic mass is 35.5. The van der Waals surface area contributed by atoms with Gasteiger partial charge in [-0.15, -0.1) is 0 Å². The SMILES string of the molecule is C=CC(=O)N1CCc2c(cccc2-c2c(F)cc(C)c3[nH]c(C)c(Cl)c23)C1. The van der Waals surface area contributed by atoms with Crippen molar-refractivity contribution in [3.8, 4) is 11.1 Å². The Bertz CT molecular complexity index is 1100. The molecule has 0 spiro atoms. The molecule has 0 fully saturated rings. The number of H-pyrrole nitrogens is 1. The molecular formula is C22H20ClFN2O. The van der Waals surface area contributed by atoms with Gasteiger partial charge in [-0.2, -0.15) is 0 Å². The lowest BCUT2D eigenvalue weighted by molar-refractivity contribution is -0.126. The predicted molar refractivity (Wildman–Crippen MR) is 107 cm³/mol. The summed E-state index contributed by atoms with van der Waals surface area (Å²) in [6.45, 7) is 8.42. The summed E-state index contributed by atoms with van der Waals surface area (Å²) in [5.41, 5.74) is 6.01. The highest BCUT2D eigenvalue weighted by Crippen LogP contribution is 2.41. The monoisotopic (exact) mass is 382 g/mol. The second-order valence-electron chi connectivity index (χ2n) is 7.02. The molecule has 27 heavy (non-hydrogen) atoms. The molecule has 0 unspecified atom stereocenters. The first-order valence-corrected chi connectivity index (χ1v) is 9.29. The van der Waals surface area contributed by atoms with E-state index in [0.29, 0.717) is 30.1 Å². The minimum Gasteiger partial charge on any atom is -0.357 e. The molecule has 4 rings (SSSR count). The summed E-state index contributed by atoms with van der Waals surface area (Å²) in [6, 6.07) is 7.40. The number of amides is 1. The molecule has 3 aromatic rings. The number of rotatable bonds is 2. The molecule has 1 amide bonds. The maximum Gasteiger partial charge on any atom is 0.246 e. The fraction of sp³-hybridized carbons (Fsp3) is 0.227. The Morgan fingerprint density at radius 3 is 2.89 bits per heavy atom. The van der Waals surface area contributed by atoms with Crippen LogP contribution in [0.2, 0.25) is 5.02 Å². The van der Waals surface area contributed by atoms with Gasteiger partial charge in [-0.25, -0.2) is 4.39 Å². The molecule has 2 heterocycles. The smallest absolute Gasteiger partial charge is 0.246 e. The van der Waals surface area contributed by atoms with Crippen molar-refractivity contribution in [3.05, 3.63) is 70.1 Å². The second-order valence-corrected chi connectivity index (χ2v) is 7.40. The zero-order valence-corrected chi connectivity index (χ0v) is 16.1. The zero-order chi connectivity index (χ0) is 19.3. The molecule has 3 nitrogen and oxygen atoms in total. The first kappa shape index (κ1) is 17.8. The molecule has 1 aromatic heterocycles. The van der Waals surface area contributed by atoms with Crippen molar-refractivity contribution < 1.29 is 9.18 Å². The fourth-order valence-electron chi connectivity index (χ4n) is 4.01. The van der Waals surface area contributed by atoms with Crippen LogP contribution in [0.1, 0.15) is 22.4 Å². The molecule has 0 saturated heterocycles. The Morgan fingerprint density at radius 2 is 2.15 bits per heavy atom. The number of carbonyl (C=O) groups is 1. The number of nitrogens with zero attached hydrogens (tertiary/aromatic N) is 1. The topological polar surface area (TPSA) is 36.1 Å². The Kier molecular flexibility index (Phi) is 4.31. The van der Waals surface area contributed by atoms with E-state index < -0.39 is 0 Å². The Balaban J connectivity index is 1.94. The summed E-state index contributed by atoms with van der Waals surface area (Å²) in [5.74, 6) is -0.363. The highest BCUT2D eigenvalue weighted by molar-refractivity contribution is 6.37. The molecule has 0 aliphatic carbocycles. The molecule has 0 atom stereocenters. The number of aryl methyl sites for hydroxylation is 2. The summed E-state index contributed by atoms with van der Waals surface area (Å²) in [5, 5.41) is 1.28. The Morgan fingerprint density at radius 1 is 1.37 bits per heavy atom. The average molecular weight is 383 g/mol. The number of hydrogen-bond donors (Lipinski definition) is 1. The Hall–Kier alpha value is -2.59. The van der Waals surface area contributed by atoms with Crippen LogP contribution in [-0.2, 0) is 17.8 Å². The molecule has 5 heteroatoms. The number of aromatic nitrogens is 1. The van der Waals surface area contributed by atoms with Crippen LogP contribution in [0, 0.1) is 19.7 Å². The summed E-state index contributed by atoms with van der Waals surface area (Å²) < 4.78 is 15.1. The van der Waals surface area contributed by atoms with Gasteiger partial charge in [-0.1, -0.05) is 36.4 Å². The van der Waals surface area contributed by atoms with Crippen molar-refractivity contribution in [2.24, 2.45) is 0 Å². The summed E-state index contributed by atoms with van der Waals surface area (Å²) in [7, 11) is 0. The van der Waals surface area contributed by atoms with Crippen molar-refractivity contribution in [2.45, 2.75) is 26.8 Å². The van der Waals surface area contributed by atoms with Gasteiger partial charge in [-0.3, -0.25) is 4.79 Å². The molecule has 0 saturated carbocycles. The van der Waals surface area contributed by atoms with Crippen LogP contribution in [0.5, 0.6) is 0 Å². The third-order valence-electron chi connectivity index (χ3n) is 5.36. The average Bonchev–Trinajstić information content (AvgIpc) is 2.96. The lowest BCUT2D eigenvalue weighted by Crippen LogP contribution is -2.34. The van der Waals surface area contributed by atoms with Crippen molar-refractivity contribution in [1.82, 2.24) is 9.88 Å². The van der Waals surface area contributed by atoms with Gasteiger partial charge in [0.2, 0.25) is 5.91 Å². The Labute approximate surface area is 162 Å². The lowest BCUT2D eigenvalue weighted by atomic mass is 9.88. The first-order chi connectivity index (χ1) is 12.9. The molecule has 0 radical (unpaired) electrons. The van der Waals surface area contributed by atoms with Gasteiger partial charge in [0.1, 0.15) is 5.82 Å². The van der Waals surface area contributed by atoms with E-state index in [4.69, 9.17) is 11.6 Å². The molecule has 1 aliphatic heterocycles. The predicted octanol–water partition coefficient (Wildman–Crippen LogP) is 5.31. The van der Waals surface area contributed by atoms with Crippen molar-refractivity contribution in [1.29, 1.82) is 0 Å². The van der Waals surface area contributed by atoms with E-state index in [1.54, 1.807) is 11.0 Å². The molecule has 0 bridgehead atoms. The molecule has 138 valence electrons. The number of fused-ring (bicyclic) bond motifs is 2. The molecular weight excluding hydrogens is 363 g/mol. The summed E-state index contributed by atoms with van der Waals surface area (Å²) in [4.78, 5) is 17.0. The van der Waals surface area contributed by atoms with Crippen LogP contribution in [0.25, 0.3) is 22.0 Å². The lowest BCUT2D eigenvalue weighted by Gasteiger charge is -2.29. The molecule has 1 N–H and O–H groups in total. The van der Waals surface area contributed by atoms with Crippen LogP contribution < -0.4 is 0 Å². The van der Waals surface area contributed by atoms with E-state index in [2.05, 4.69) is 11.6 Å². The zero-order valence-electron chi connectivity index (χ0n) is 15.3. The van der Waals surface area contributed by atoms with Crippen LogP contribution in [0.15, 0.2) is 36.9 Å². The van der Waals surface area contributed by atoms with Gasteiger partial charge in [0.05, 0.1) is 10.5 Å². The van der Waals surface area contributed by atoms with E-state index in [9.17, 15) is 4.79 Å². The third-order valence-corrected chi connectivity index (χ3v) is 5.83. The van der Waals surface area contributed by atoms with E-state index in [1.807, 2.05) is 32.0 Å². The van der Waals surface area contributed by atoms with Crippen LogP contribution >= 0.6 is 11.6 Å². The third kappa shape index (κ3) is 2.76. The number of carbonyl (C=O) groups excluding carboxylic acids is 1. The van der Waals surface area contributed by atoms with Crippen LogP contribution in [-0.4, -0.2) is 22.3 Å². The highest BCUT2D eigenvalue weighted by Gasteiger charge is 2.25. The number of halogens is 2. The van der Waals surface area contributed by atoms with Gasteiger partial charge < -0.3 is 9.88 Å². The van der Waals surface area contributed by atoms with E-state index >= 15 is 4.39 Å². The van der Waals surface area contributed by atoms with Crippen molar-refractivity contribution in [2.75, 3.05) is 6.54 Å². The number of nitrogens with one attached hydrogen (secondary N) is 1. The largest absolute Gasteiger partial charge is 0.357 e. The maximum absolute atomic E-state index is 15.1. The van der Waals surface area contributed by atoms with Crippen LogP contribution in [0.4, 0.5) is 4.39 Å². The number of aromatic amines is 1. The second kappa shape index (κ2) is 6.54. The van der Waals surface area contributed by atoms with Gasteiger partial charge in [0.25, 0.3) is 0 Å². The number of benzene rings is 2. The van der Waals surface area contributed by atoms with E-state index in [-0.39, 0.29) is 11.7 Å². The first-order valence-electron chi connectivity index (χ1n) is 8.91. The fourth-order valence-corrected chi connectivity index (χ4v) is 4.25. The number of hydrogen-bond acceptors (Lipinski definition) is 1. The standard InChI is InChI=1S/C22H20ClFN2O/c1-4-18(27)26-9-8-15-14(11-26)6-5-7-16(15)19-17(24)10-12(2)22-20(19)21(23)13(3)25-22/h4-7,10,25H,1,8-9,11H2,2-3H3. The van der Waals surface area contributed by atoms with Crippen LogP contribution in [0.3, 0.4) is 0 Å². The van der Waals surface area contributed by atoms with Gasteiger partial charge in [0.15, 0.2) is 0 Å². The van der Waals surface area contributed by atoms with E-state index in [1.165, 1.54) is 6.08 Å². The minimum atomic E-state index is -0.279. The van der Waals surface area contributed by atoms with E-state index in [0.717, 1.165) is 38.9 Å². The van der Waals surface area contributed by atoms with Gasteiger partial charge in [-0.05, 0) is 54.7 Å². The summed E-state index contributed by atoms with van der Waals surface area (Å²) >= 11 is 6.55. The normalized spacial score (nSPS) is 13.7. The molecule has 2 aromatic carbocycles. The van der Waals surface area contributed by atoms with Crippen molar-refractivity contribution in [3.63, 3.8) is 0 Å². The van der Waals surface area contributed by atoms with Gasteiger partial charge in [0, 0.05) is 29.7 Å². The quantitative estimate of drug-likeness (QED) is 0.598.